The van der Waals surface area contributed by atoms with E-state index in [2.05, 4.69) is 17.2 Å². The first-order chi connectivity index (χ1) is 9.63. The summed E-state index contributed by atoms with van der Waals surface area (Å²) >= 11 is 0. The van der Waals surface area contributed by atoms with Crippen molar-refractivity contribution < 1.29 is 9.47 Å². The SMILES string of the molecule is COc1cc(N)c(NC(C)Cn2ccnc2)cc1OC. The Labute approximate surface area is 118 Å². The fraction of sp³-hybridized carbons (Fsp3) is 0.357. The van der Waals surface area contributed by atoms with Crippen LogP contribution >= 0.6 is 0 Å². The number of hydrogen-bond acceptors (Lipinski definition) is 5. The average molecular weight is 276 g/mol. The summed E-state index contributed by atoms with van der Waals surface area (Å²) in [6.45, 7) is 2.88. The second kappa shape index (κ2) is 6.18. The van der Waals surface area contributed by atoms with Gasteiger partial charge in [0.25, 0.3) is 0 Å². The third-order valence-corrected chi connectivity index (χ3v) is 3.00. The number of nitrogens with zero attached hydrogens (tertiary/aromatic N) is 2. The smallest absolute Gasteiger partial charge is 0.162 e. The van der Waals surface area contributed by atoms with Crippen LogP contribution in [0.5, 0.6) is 11.5 Å². The fourth-order valence-corrected chi connectivity index (χ4v) is 2.04. The number of nitrogen functional groups attached to an aromatic ring is 1. The van der Waals surface area contributed by atoms with Gasteiger partial charge >= 0.3 is 0 Å². The summed E-state index contributed by atoms with van der Waals surface area (Å²) in [6, 6.07) is 3.80. The number of benzene rings is 1. The topological polar surface area (TPSA) is 74.3 Å². The lowest BCUT2D eigenvalue weighted by Gasteiger charge is -2.19. The molecule has 1 aromatic carbocycles. The summed E-state index contributed by atoms with van der Waals surface area (Å²) in [6.07, 6.45) is 5.48. The van der Waals surface area contributed by atoms with E-state index in [9.17, 15) is 0 Å². The molecule has 0 fully saturated rings. The van der Waals surface area contributed by atoms with Crippen LogP contribution in [0.15, 0.2) is 30.9 Å². The van der Waals surface area contributed by atoms with E-state index in [-0.39, 0.29) is 6.04 Å². The highest BCUT2D eigenvalue weighted by Crippen LogP contribution is 2.35. The van der Waals surface area contributed by atoms with Gasteiger partial charge in [0.2, 0.25) is 0 Å². The van der Waals surface area contributed by atoms with E-state index in [1.807, 2.05) is 16.8 Å². The minimum atomic E-state index is 0.199. The number of hydrogen-bond donors (Lipinski definition) is 2. The molecule has 2 rings (SSSR count). The maximum atomic E-state index is 6.03. The maximum absolute atomic E-state index is 6.03. The van der Waals surface area contributed by atoms with Crippen LogP contribution in [0.3, 0.4) is 0 Å². The molecule has 1 heterocycles. The number of nitrogens with two attached hydrogens (primary N) is 1. The van der Waals surface area contributed by atoms with Crippen LogP contribution in [0.1, 0.15) is 6.92 Å². The highest BCUT2D eigenvalue weighted by molar-refractivity contribution is 5.72. The maximum Gasteiger partial charge on any atom is 0.162 e. The molecular formula is C14H20N4O2. The normalized spacial score (nSPS) is 11.9. The molecule has 3 N–H and O–H groups in total. The molecule has 6 heteroatoms. The molecule has 0 bridgehead atoms. The van der Waals surface area contributed by atoms with Crippen molar-refractivity contribution in [2.75, 3.05) is 25.3 Å². The van der Waals surface area contributed by atoms with Crippen LogP contribution in [0.2, 0.25) is 0 Å². The summed E-state index contributed by atoms with van der Waals surface area (Å²) in [5.74, 6) is 1.27. The number of rotatable bonds is 6. The zero-order valence-electron chi connectivity index (χ0n) is 12.0. The van der Waals surface area contributed by atoms with Gasteiger partial charge < -0.3 is 25.1 Å². The summed E-state index contributed by atoms with van der Waals surface area (Å²) in [4.78, 5) is 4.02. The first-order valence-corrected chi connectivity index (χ1v) is 6.37. The zero-order valence-corrected chi connectivity index (χ0v) is 12.0. The van der Waals surface area contributed by atoms with Crippen molar-refractivity contribution >= 4 is 11.4 Å². The van der Waals surface area contributed by atoms with Crippen molar-refractivity contribution in [3.63, 3.8) is 0 Å². The number of anilines is 2. The predicted molar refractivity (Wildman–Crippen MR) is 79.3 cm³/mol. The van der Waals surface area contributed by atoms with Gasteiger partial charge in [0, 0.05) is 37.1 Å². The summed E-state index contributed by atoms with van der Waals surface area (Å²) in [7, 11) is 3.19. The third-order valence-electron chi connectivity index (χ3n) is 3.00. The Kier molecular flexibility index (Phi) is 4.34. The lowest BCUT2D eigenvalue weighted by Crippen LogP contribution is -2.22. The monoisotopic (exact) mass is 276 g/mol. The molecule has 0 saturated heterocycles. The Hall–Kier alpha value is -2.37. The molecule has 2 aromatic rings. The Balaban J connectivity index is 2.12. The molecule has 0 aliphatic carbocycles. The van der Waals surface area contributed by atoms with Crippen LogP contribution in [-0.2, 0) is 6.54 Å². The fourth-order valence-electron chi connectivity index (χ4n) is 2.04. The molecule has 1 unspecified atom stereocenters. The third kappa shape index (κ3) is 3.14. The molecule has 20 heavy (non-hydrogen) atoms. The van der Waals surface area contributed by atoms with Gasteiger partial charge in [-0.25, -0.2) is 4.98 Å². The molecule has 0 aliphatic rings. The quantitative estimate of drug-likeness (QED) is 0.789. The highest BCUT2D eigenvalue weighted by atomic mass is 16.5. The van der Waals surface area contributed by atoms with Crippen molar-refractivity contribution in [3.8, 4) is 11.5 Å². The first-order valence-electron chi connectivity index (χ1n) is 6.37. The van der Waals surface area contributed by atoms with Crippen molar-refractivity contribution in [1.29, 1.82) is 0 Å². The van der Waals surface area contributed by atoms with Gasteiger partial charge in [-0.05, 0) is 6.92 Å². The van der Waals surface area contributed by atoms with Gasteiger partial charge in [0.15, 0.2) is 11.5 Å². The van der Waals surface area contributed by atoms with Gasteiger partial charge in [-0.1, -0.05) is 0 Å². The molecule has 1 atom stereocenters. The van der Waals surface area contributed by atoms with E-state index in [1.165, 1.54) is 0 Å². The number of ether oxygens (including phenoxy) is 2. The van der Waals surface area contributed by atoms with Gasteiger partial charge in [0.05, 0.1) is 31.9 Å². The minimum absolute atomic E-state index is 0.199. The van der Waals surface area contributed by atoms with E-state index < -0.39 is 0 Å². The van der Waals surface area contributed by atoms with Crippen molar-refractivity contribution in [3.05, 3.63) is 30.9 Å². The van der Waals surface area contributed by atoms with Gasteiger partial charge in [-0.15, -0.1) is 0 Å². The molecule has 6 nitrogen and oxygen atoms in total. The molecule has 0 saturated carbocycles. The van der Waals surface area contributed by atoms with E-state index in [0.29, 0.717) is 17.2 Å². The van der Waals surface area contributed by atoms with Crippen molar-refractivity contribution in [2.24, 2.45) is 0 Å². The molecule has 1 aromatic heterocycles. The molecular weight excluding hydrogens is 256 g/mol. The zero-order chi connectivity index (χ0) is 14.5. The summed E-state index contributed by atoms with van der Waals surface area (Å²) in [5, 5.41) is 3.37. The lowest BCUT2D eigenvalue weighted by atomic mass is 10.2. The molecule has 0 aliphatic heterocycles. The second-order valence-corrected chi connectivity index (χ2v) is 4.60. The van der Waals surface area contributed by atoms with Crippen LogP contribution in [0.4, 0.5) is 11.4 Å². The van der Waals surface area contributed by atoms with Crippen LogP contribution < -0.4 is 20.5 Å². The largest absolute Gasteiger partial charge is 0.493 e. The first kappa shape index (κ1) is 14.0. The predicted octanol–water partition coefficient (Wildman–Crippen LogP) is 1.98. The van der Waals surface area contributed by atoms with Gasteiger partial charge in [-0.3, -0.25) is 0 Å². The van der Waals surface area contributed by atoms with Crippen LogP contribution in [0, 0.1) is 0 Å². The Bertz CT molecular complexity index is 555. The van der Waals surface area contributed by atoms with E-state index >= 15 is 0 Å². The number of methoxy groups -OCH3 is 2. The van der Waals surface area contributed by atoms with Crippen molar-refractivity contribution in [2.45, 2.75) is 19.5 Å². The minimum Gasteiger partial charge on any atom is -0.493 e. The van der Waals surface area contributed by atoms with Gasteiger partial charge in [-0.2, -0.15) is 0 Å². The summed E-state index contributed by atoms with van der Waals surface area (Å²) < 4.78 is 12.5. The number of aromatic nitrogens is 2. The Morgan fingerprint density at radius 2 is 2.00 bits per heavy atom. The highest BCUT2D eigenvalue weighted by Gasteiger charge is 2.11. The van der Waals surface area contributed by atoms with Crippen molar-refractivity contribution in [1.82, 2.24) is 9.55 Å². The number of imidazole rings is 1. The molecule has 0 amide bonds. The lowest BCUT2D eigenvalue weighted by molar-refractivity contribution is 0.355. The van der Waals surface area contributed by atoms with Gasteiger partial charge in [0.1, 0.15) is 0 Å². The van der Waals surface area contributed by atoms with Crippen LogP contribution in [0.25, 0.3) is 0 Å². The summed E-state index contributed by atoms with van der Waals surface area (Å²) in [5.41, 5.74) is 7.48. The van der Waals surface area contributed by atoms with E-state index in [4.69, 9.17) is 15.2 Å². The Morgan fingerprint density at radius 1 is 1.30 bits per heavy atom. The molecule has 0 spiro atoms. The van der Waals surface area contributed by atoms with E-state index in [1.54, 1.807) is 32.8 Å². The van der Waals surface area contributed by atoms with E-state index in [0.717, 1.165) is 12.2 Å². The average Bonchev–Trinajstić information content (AvgIpc) is 2.93. The van der Waals surface area contributed by atoms with Crippen LogP contribution in [-0.4, -0.2) is 29.8 Å². The standard InChI is InChI=1S/C14H20N4O2/c1-10(8-18-5-4-16-9-18)17-12-7-14(20-3)13(19-2)6-11(12)15/h4-7,9-10,17H,8,15H2,1-3H3. The Morgan fingerprint density at radius 3 is 2.60 bits per heavy atom. The number of nitrogens with one attached hydrogen (secondary N) is 1. The second-order valence-electron chi connectivity index (χ2n) is 4.60. The molecule has 0 radical (unpaired) electrons. The molecule has 108 valence electrons.